The molecule has 0 saturated carbocycles. The van der Waals surface area contributed by atoms with Gasteiger partial charge >= 0.3 is 5.97 Å². The first kappa shape index (κ1) is 14.5. The van der Waals surface area contributed by atoms with Crippen molar-refractivity contribution in [2.45, 2.75) is 77.2 Å². The largest absolute Gasteiger partial charge is 0.480 e. The molecule has 0 radical (unpaired) electrons. The van der Waals surface area contributed by atoms with Gasteiger partial charge in [-0.2, -0.15) is 0 Å². The zero-order valence-corrected chi connectivity index (χ0v) is 11.8. The highest BCUT2D eigenvalue weighted by atomic mass is 16.5. The molecule has 2 unspecified atom stereocenters. The molecule has 2 atom stereocenters. The van der Waals surface area contributed by atoms with E-state index in [1.54, 1.807) is 0 Å². The van der Waals surface area contributed by atoms with E-state index in [2.05, 4.69) is 5.32 Å². The van der Waals surface area contributed by atoms with E-state index in [1.165, 1.54) is 0 Å². The number of aliphatic carboxylic acids is 1. The predicted octanol–water partition coefficient (Wildman–Crippen LogP) is 2.18. The smallest absolute Gasteiger partial charge is 0.327 e. The third kappa shape index (κ3) is 2.47. The first-order valence-electron chi connectivity index (χ1n) is 6.27. The van der Waals surface area contributed by atoms with Gasteiger partial charge in [0.1, 0.15) is 5.54 Å². The molecule has 0 aromatic rings. The molecule has 17 heavy (non-hydrogen) atoms. The molecule has 100 valence electrons. The minimum Gasteiger partial charge on any atom is -0.480 e. The van der Waals surface area contributed by atoms with Gasteiger partial charge in [0.05, 0.1) is 11.2 Å². The van der Waals surface area contributed by atoms with E-state index >= 15 is 0 Å². The molecular weight excluding hydrogens is 218 g/mol. The monoisotopic (exact) mass is 243 g/mol. The third-order valence-electron chi connectivity index (χ3n) is 3.72. The lowest BCUT2D eigenvalue weighted by molar-refractivity contribution is -0.154. The summed E-state index contributed by atoms with van der Waals surface area (Å²) in [5.74, 6) is -0.826. The number of carbonyl (C=O) groups is 1. The van der Waals surface area contributed by atoms with Crippen molar-refractivity contribution in [3.05, 3.63) is 0 Å². The fraction of sp³-hybridized carbons (Fsp3) is 0.923. The van der Waals surface area contributed by atoms with Crippen molar-refractivity contribution in [3.8, 4) is 0 Å². The predicted molar refractivity (Wildman–Crippen MR) is 67.1 cm³/mol. The van der Waals surface area contributed by atoms with Gasteiger partial charge in [0.2, 0.25) is 0 Å². The molecule has 1 rings (SSSR count). The summed E-state index contributed by atoms with van der Waals surface area (Å²) in [7, 11) is 0. The van der Waals surface area contributed by atoms with Crippen molar-refractivity contribution in [3.63, 3.8) is 0 Å². The van der Waals surface area contributed by atoms with Crippen molar-refractivity contribution < 1.29 is 14.6 Å². The number of rotatable bonds is 4. The van der Waals surface area contributed by atoms with Gasteiger partial charge in [0, 0.05) is 12.5 Å². The van der Waals surface area contributed by atoms with Gasteiger partial charge < -0.3 is 9.84 Å². The number of ether oxygens (including phenoxy) is 1. The van der Waals surface area contributed by atoms with E-state index in [0.717, 1.165) is 6.42 Å². The van der Waals surface area contributed by atoms with Crippen molar-refractivity contribution in [1.82, 2.24) is 5.32 Å². The van der Waals surface area contributed by atoms with Crippen LogP contribution in [0.3, 0.4) is 0 Å². The Morgan fingerprint density at radius 1 is 1.41 bits per heavy atom. The lowest BCUT2D eigenvalue weighted by atomic mass is 9.78. The number of carboxylic acid groups (broad SMARTS) is 1. The third-order valence-corrected chi connectivity index (χ3v) is 3.72. The van der Waals surface area contributed by atoms with E-state index < -0.39 is 22.7 Å². The van der Waals surface area contributed by atoms with Crippen LogP contribution in [0, 0.1) is 0 Å². The number of nitrogens with one attached hydrogen (secondary N) is 1. The molecule has 0 spiro atoms. The van der Waals surface area contributed by atoms with Crippen LogP contribution in [0.15, 0.2) is 0 Å². The Labute approximate surface area is 104 Å². The standard InChI is InChI=1S/C13H25NO3/c1-7-9(2)14-13(10(15)16)8-11(3,4)17-12(13,5)6/h9,14H,7-8H2,1-6H3,(H,15,16). The van der Waals surface area contributed by atoms with Crippen LogP contribution in [0.5, 0.6) is 0 Å². The quantitative estimate of drug-likeness (QED) is 0.794. The molecule has 0 bridgehead atoms. The zero-order chi connectivity index (χ0) is 13.5. The second-order valence-corrected chi connectivity index (χ2v) is 6.21. The van der Waals surface area contributed by atoms with E-state index in [-0.39, 0.29) is 6.04 Å². The summed E-state index contributed by atoms with van der Waals surface area (Å²) in [6, 6.07) is 0.155. The van der Waals surface area contributed by atoms with Gasteiger partial charge in [-0.3, -0.25) is 10.1 Å². The summed E-state index contributed by atoms with van der Waals surface area (Å²) >= 11 is 0. The van der Waals surface area contributed by atoms with Crippen LogP contribution in [0.2, 0.25) is 0 Å². The Bertz CT molecular complexity index is 312. The van der Waals surface area contributed by atoms with Crippen molar-refractivity contribution in [1.29, 1.82) is 0 Å². The molecule has 0 aromatic heterocycles. The van der Waals surface area contributed by atoms with E-state index in [1.807, 2.05) is 41.5 Å². The summed E-state index contributed by atoms with van der Waals surface area (Å²) in [5.41, 5.74) is -2.14. The Morgan fingerprint density at radius 2 is 1.94 bits per heavy atom. The molecule has 0 aromatic carbocycles. The molecule has 1 fully saturated rings. The van der Waals surface area contributed by atoms with Crippen LogP contribution in [0.4, 0.5) is 0 Å². The maximum Gasteiger partial charge on any atom is 0.327 e. The fourth-order valence-corrected chi connectivity index (χ4v) is 2.81. The molecule has 4 nitrogen and oxygen atoms in total. The van der Waals surface area contributed by atoms with Crippen molar-refractivity contribution in [2.24, 2.45) is 0 Å². The lowest BCUT2D eigenvalue weighted by Gasteiger charge is -2.38. The second-order valence-electron chi connectivity index (χ2n) is 6.21. The lowest BCUT2D eigenvalue weighted by Crippen LogP contribution is -2.64. The molecular formula is C13H25NO3. The summed E-state index contributed by atoms with van der Waals surface area (Å²) in [6.45, 7) is 11.6. The van der Waals surface area contributed by atoms with Crippen LogP contribution < -0.4 is 5.32 Å². The Morgan fingerprint density at radius 3 is 2.24 bits per heavy atom. The number of hydrogen-bond donors (Lipinski definition) is 2. The topological polar surface area (TPSA) is 58.6 Å². The summed E-state index contributed by atoms with van der Waals surface area (Å²) < 4.78 is 5.92. The van der Waals surface area contributed by atoms with Gasteiger partial charge in [-0.1, -0.05) is 6.92 Å². The second kappa shape index (κ2) is 4.25. The van der Waals surface area contributed by atoms with Crippen LogP contribution in [-0.4, -0.2) is 33.9 Å². The first-order chi connectivity index (χ1) is 7.56. The van der Waals surface area contributed by atoms with Crippen molar-refractivity contribution >= 4 is 5.97 Å². The molecule has 0 amide bonds. The normalized spacial score (nSPS) is 32.4. The van der Waals surface area contributed by atoms with Crippen LogP contribution in [0.1, 0.15) is 54.4 Å². The SMILES string of the molecule is CCC(C)NC1(C(=O)O)CC(C)(C)OC1(C)C. The number of hydrogen-bond acceptors (Lipinski definition) is 3. The molecule has 1 aliphatic heterocycles. The average Bonchev–Trinajstić information content (AvgIpc) is 2.31. The Hall–Kier alpha value is -0.610. The summed E-state index contributed by atoms with van der Waals surface area (Å²) in [5, 5.41) is 12.9. The average molecular weight is 243 g/mol. The highest BCUT2D eigenvalue weighted by Gasteiger charge is 2.62. The van der Waals surface area contributed by atoms with Gasteiger partial charge in [-0.15, -0.1) is 0 Å². The maximum atomic E-state index is 11.7. The van der Waals surface area contributed by atoms with Gasteiger partial charge in [-0.25, -0.2) is 0 Å². The van der Waals surface area contributed by atoms with Crippen LogP contribution >= 0.6 is 0 Å². The highest BCUT2D eigenvalue weighted by molar-refractivity contribution is 5.81. The molecule has 4 heteroatoms. The highest BCUT2D eigenvalue weighted by Crippen LogP contribution is 2.45. The van der Waals surface area contributed by atoms with E-state index in [9.17, 15) is 9.90 Å². The van der Waals surface area contributed by atoms with Crippen LogP contribution in [0.25, 0.3) is 0 Å². The van der Waals surface area contributed by atoms with E-state index in [0.29, 0.717) is 6.42 Å². The molecule has 2 N–H and O–H groups in total. The summed E-state index contributed by atoms with van der Waals surface area (Å²) in [4.78, 5) is 11.7. The Kier molecular flexibility index (Phi) is 3.61. The van der Waals surface area contributed by atoms with Crippen LogP contribution in [-0.2, 0) is 9.53 Å². The molecule has 0 aliphatic carbocycles. The summed E-state index contributed by atoms with van der Waals surface area (Å²) in [6.07, 6.45) is 1.37. The molecule has 1 heterocycles. The fourth-order valence-electron chi connectivity index (χ4n) is 2.81. The molecule has 1 aliphatic rings. The van der Waals surface area contributed by atoms with Crippen molar-refractivity contribution in [2.75, 3.05) is 0 Å². The first-order valence-corrected chi connectivity index (χ1v) is 6.27. The van der Waals surface area contributed by atoms with Gasteiger partial charge in [0.15, 0.2) is 0 Å². The zero-order valence-electron chi connectivity index (χ0n) is 11.8. The van der Waals surface area contributed by atoms with E-state index in [4.69, 9.17) is 4.74 Å². The Balaban J connectivity index is 3.11. The minimum atomic E-state index is -1.01. The maximum absolute atomic E-state index is 11.7. The van der Waals surface area contributed by atoms with Gasteiger partial charge in [0.25, 0.3) is 0 Å². The minimum absolute atomic E-state index is 0.155. The molecule has 1 saturated heterocycles. The van der Waals surface area contributed by atoms with Gasteiger partial charge in [-0.05, 0) is 41.0 Å². The number of carboxylic acids is 1.